The molecule has 2 heterocycles. The number of aliphatic hydroxyl groups is 1. The molecule has 0 aliphatic carbocycles. The van der Waals surface area contributed by atoms with Crippen LogP contribution in [0.5, 0.6) is 0 Å². The predicted molar refractivity (Wildman–Crippen MR) is 64.5 cm³/mol. The lowest BCUT2D eigenvalue weighted by atomic mass is 10.5. The normalized spacial score (nSPS) is 10.7. The van der Waals surface area contributed by atoms with Gasteiger partial charge in [-0.1, -0.05) is 0 Å². The summed E-state index contributed by atoms with van der Waals surface area (Å²) in [6.45, 7) is -0.0107. The highest BCUT2D eigenvalue weighted by Crippen LogP contribution is 2.31. The zero-order chi connectivity index (χ0) is 12.4. The topological polar surface area (TPSA) is 88.0 Å². The number of aromatic nitrogens is 3. The third-order valence-corrected chi connectivity index (χ3v) is 4.18. The molecule has 0 spiro atoms. The van der Waals surface area contributed by atoms with Crippen LogP contribution in [0, 0.1) is 0 Å². The van der Waals surface area contributed by atoms with Crippen molar-refractivity contribution in [2.24, 2.45) is 7.05 Å². The molecule has 0 fully saturated rings. The van der Waals surface area contributed by atoms with Crippen molar-refractivity contribution in [2.45, 2.75) is 16.0 Å². The van der Waals surface area contributed by atoms with Gasteiger partial charge in [0.05, 0.1) is 10.8 Å². The fraction of sp³-hybridized carbons (Fsp3) is 0.222. The van der Waals surface area contributed by atoms with E-state index in [0.717, 1.165) is 9.09 Å². The minimum Gasteiger partial charge on any atom is -0.391 e. The summed E-state index contributed by atoms with van der Waals surface area (Å²) in [5.41, 5.74) is -1.54. The molecule has 8 heteroatoms. The van der Waals surface area contributed by atoms with Gasteiger partial charge < -0.3 is 5.11 Å². The van der Waals surface area contributed by atoms with Crippen LogP contribution in [0.25, 0.3) is 0 Å². The highest BCUT2D eigenvalue weighted by molar-refractivity contribution is 8.01. The number of aliphatic hydroxyl groups excluding tert-OH is 1. The Hall–Kier alpha value is -1.38. The summed E-state index contributed by atoms with van der Waals surface area (Å²) in [4.78, 5) is 26.6. The van der Waals surface area contributed by atoms with Gasteiger partial charge in [-0.05, 0) is 23.9 Å². The van der Waals surface area contributed by atoms with Crippen molar-refractivity contribution in [1.82, 2.24) is 14.8 Å². The average Bonchev–Trinajstić information content (AvgIpc) is 2.73. The van der Waals surface area contributed by atoms with Crippen molar-refractivity contribution in [3.63, 3.8) is 0 Å². The van der Waals surface area contributed by atoms with Crippen LogP contribution in [-0.2, 0) is 13.7 Å². The maximum absolute atomic E-state index is 11.1. The summed E-state index contributed by atoms with van der Waals surface area (Å²) in [6.07, 6.45) is 0. The molecule has 2 aromatic rings. The minimum absolute atomic E-state index is 0.0107. The third kappa shape index (κ3) is 2.65. The Kier molecular flexibility index (Phi) is 3.46. The minimum atomic E-state index is -0.801. The van der Waals surface area contributed by atoms with Gasteiger partial charge in [-0.25, -0.2) is 0 Å². The van der Waals surface area contributed by atoms with Gasteiger partial charge in [-0.3, -0.25) is 19.4 Å². The molecule has 0 unspecified atom stereocenters. The van der Waals surface area contributed by atoms with Crippen LogP contribution < -0.4 is 11.1 Å². The predicted octanol–water partition coefficient (Wildman–Crippen LogP) is 0.174. The number of nitrogens with zero attached hydrogens (tertiary/aromatic N) is 2. The summed E-state index contributed by atoms with van der Waals surface area (Å²) in [5.74, 6) is 0. The van der Waals surface area contributed by atoms with E-state index in [4.69, 9.17) is 5.11 Å². The molecule has 2 N–H and O–H groups in total. The molecule has 0 aliphatic heterocycles. The van der Waals surface area contributed by atoms with Crippen LogP contribution in [0.2, 0.25) is 0 Å². The zero-order valence-corrected chi connectivity index (χ0v) is 10.5. The fourth-order valence-electron chi connectivity index (χ4n) is 1.14. The Morgan fingerprint density at radius 3 is 2.94 bits per heavy atom. The molecule has 0 saturated heterocycles. The van der Waals surface area contributed by atoms with E-state index in [1.807, 2.05) is 6.07 Å². The first-order valence-electron chi connectivity index (χ1n) is 4.65. The number of thiophene rings is 1. The van der Waals surface area contributed by atoms with E-state index in [1.54, 1.807) is 13.1 Å². The highest BCUT2D eigenvalue weighted by Gasteiger charge is 2.07. The average molecular weight is 271 g/mol. The Morgan fingerprint density at radius 1 is 1.53 bits per heavy atom. The van der Waals surface area contributed by atoms with E-state index in [1.165, 1.54) is 27.8 Å². The van der Waals surface area contributed by atoms with Crippen molar-refractivity contribution in [2.75, 3.05) is 0 Å². The van der Waals surface area contributed by atoms with Crippen molar-refractivity contribution in [1.29, 1.82) is 0 Å². The fourth-order valence-corrected chi connectivity index (χ4v) is 3.07. The van der Waals surface area contributed by atoms with Gasteiger partial charge in [0, 0.05) is 11.9 Å². The smallest absolute Gasteiger partial charge is 0.339 e. The Bertz CT molecular complexity index is 643. The monoisotopic (exact) mass is 271 g/mol. The zero-order valence-electron chi connectivity index (χ0n) is 8.84. The molecule has 90 valence electrons. The van der Waals surface area contributed by atoms with Crippen LogP contribution >= 0.6 is 23.1 Å². The number of aryl methyl sites for hydroxylation is 1. The number of hydrogen-bond donors (Lipinski definition) is 2. The molecule has 0 atom stereocenters. The summed E-state index contributed by atoms with van der Waals surface area (Å²) in [7, 11) is 1.61. The van der Waals surface area contributed by atoms with Crippen LogP contribution in [0.1, 0.15) is 4.88 Å². The molecule has 17 heavy (non-hydrogen) atoms. The number of hydrogen-bond acceptors (Lipinski definition) is 6. The summed E-state index contributed by atoms with van der Waals surface area (Å²) < 4.78 is 2.29. The molecule has 2 rings (SSSR count). The lowest BCUT2D eigenvalue weighted by Crippen LogP contribution is -2.33. The molecule has 2 aromatic heterocycles. The van der Waals surface area contributed by atoms with E-state index in [0.29, 0.717) is 5.16 Å². The number of rotatable bonds is 3. The van der Waals surface area contributed by atoms with Crippen LogP contribution in [0.4, 0.5) is 0 Å². The van der Waals surface area contributed by atoms with E-state index in [2.05, 4.69) is 10.1 Å². The number of nitrogens with one attached hydrogen (secondary N) is 1. The highest BCUT2D eigenvalue weighted by atomic mass is 32.2. The molecule has 0 bridgehead atoms. The SMILES string of the molecule is Cn1[nH]c(=O)c(=O)nc1Sc1ccc(CO)s1. The standard InChI is InChI=1S/C9H9N3O3S2/c1-12-9(10-7(14)8(15)11-12)17-6-3-2-5(4-13)16-6/h2-3,13H,4H2,1H3,(H,11,15). The molecule has 0 amide bonds. The van der Waals surface area contributed by atoms with Gasteiger partial charge in [-0.2, -0.15) is 4.98 Å². The second-order valence-corrected chi connectivity index (χ2v) is 5.62. The summed E-state index contributed by atoms with van der Waals surface area (Å²) in [6, 6.07) is 3.63. The van der Waals surface area contributed by atoms with Crippen molar-refractivity contribution >= 4 is 23.1 Å². The molecule has 6 nitrogen and oxygen atoms in total. The lowest BCUT2D eigenvalue weighted by molar-refractivity contribution is 0.285. The first-order valence-corrected chi connectivity index (χ1v) is 6.28. The summed E-state index contributed by atoms with van der Waals surface area (Å²) in [5, 5.41) is 11.7. The maximum atomic E-state index is 11.1. The van der Waals surface area contributed by atoms with Crippen molar-refractivity contribution < 1.29 is 5.11 Å². The van der Waals surface area contributed by atoms with E-state index >= 15 is 0 Å². The van der Waals surface area contributed by atoms with Crippen molar-refractivity contribution in [3.05, 3.63) is 37.7 Å². The van der Waals surface area contributed by atoms with E-state index < -0.39 is 11.1 Å². The van der Waals surface area contributed by atoms with Crippen molar-refractivity contribution in [3.8, 4) is 0 Å². The Balaban J connectivity index is 2.33. The van der Waals surface area contributed by atoms with Gasteiger partial charge in [0.1, 0.15) is 0 Å². The summed E-state index contributed by atoms with van der Waals surface area (Å²) >= 11 is 2.67. The van der Waals surface area contributed by atoms with Crippen LogP contribution in [0.3, 0.4) is 0 Å². The first-order chi connectivity index (χ1) is 8.10. The number of H-pyrrole nitrogens is 1. The molecular weight excluding hydrogens is 262 g/mol. The second-order valence-electron chi connectivity index (χ2n) is 3.18. The molecule has 0 aromatic carbocycles. The van der Waals surface area contributed by atoms with Gasteiger partial charge in [0.15, 0.2) is 5.16 Å². The molecule has 0 saturated carbocycles. The van der Waals surface area contributed by atoms with E-state index in [-0.39, 0.29) is 6.61 Å². The van der Waals surface area contributed by atoms with Gasteiger partial charge >= 0.3 is 11.1 Å². The van der Waals surface area contributed by atoms with Gasteiger partial charge in [-0.15, -0.1) is 11.3 Å². The third-order valence-electron chi connectivity index (χ3n) is 1.93. The van der Waals surface area contributed by atoms with Gasteiger partial charge in [0.2, 0.25) is 0 Å². The first kappa shape index (κ1) is 12.1. The quantitative estimate of drug-likeness (QED) is 0.777. The van der Waals surface area contributed by atoms with E-state index in [9.17, 15) is 9.59 Å². The second kappa shape index (κ2) is 4.86. The van der Waals surface area contributed by atoms with Crippen LogP contribution in [0.15, 0.2) is 31.1 Å². The number of aromatic amines is 1. The largest absolute Gasteiger partial charge is 0.391 e. The molecule has 0 aliphatic rings. The van der Waals surface area contributed by atoms with Gasteiger partial charge in [0.25, 0.3) is 0 Å². The molecular formula is C9H9N3O3S2. The van der Waals surface area contributed by atoms with Crippen LogP contribution in [-0.4, -0.2) is 19.9 Å². The Morgan fingerprint density at radius 2 is 2.29 bits per heavy atom. The molecule has 0 radical (unpaired) electrons. The Labute approximate surface area is 104 Å². The lowest BCUT2D eigenvalue weighted by Gasteiger charge is -2.03. The maximum Gasteiger partial charge on any atom is 0.339 e.